The van der Waals surface area contributed by atoms with Gasteiger partial charge in [0.25, 0.3) is 5.91 Å². The maximum absolute atomic E-state index is 12.4. The zero-order chi connectivity index (χ0) is 20.4. The summed E-state index contributed by atoms with van der Waals surface area (Å²) in [6.07, 6.45) is 0. The number of amides is 1. The van der Waals surface area contributed by atoms with Crippen LogP contribution in [0.15, 0.2) is 60.7 Å². The van der Waals surface area contributed by atoms with Crippen molar-refractivity contribution in [3.05, 3.63) is 77.1 Å². The van der Waals surface area contributed by atoms with Crippen LogP contribution in [0.3, 0.4) is 0 Å². The van der Waals surface area contributed by atoms with Gasteiger partial charge < -0.3 is 5.73 Å². The lowest BCUT2D eigenvalue weighted by Crippen LogP contribution is -2.12. The van der Waals surface area contributed by atoms with Gasteiger partial charge in [0.05, 0.1) is 0 Å². The number of carbonyl (C=O) groups is 1. The van der Waals surface area contributed by atoms with Gasteiger partial charge in [-0.1, -0.05) is 65.4 Å². The molecule has 0 radical (unpaired) electrons. The topological polar surface area (TPSA) is 93.8 Å². The Kier molecular flexibility index (Phi) is 5.24. The highest BCUT2D eigenvalue weighted by Gasteiger charge is 2.13. The van der Waals surface area contributed by atoms with E-state index in [0.29, 0.717) is 21.4 Å². The number of para-hydroxylation sites is 1. The third-order valence-electron chi connectivity index (χ3n) is 4.23. The number of nitrogen functional groups attached to an aromatic ring is 1. The zero-order valence-corrected chi connectivity index (χ0v) is 17.0. The molecular weight excluding hydrogens is 406 g/mol. The predicted molar refractivity (Wildman–Crippen MR) is 117 cm³/mol. The van der Waals surface area contributed by atoms with Crippen LogP contribution in [0.5, 0.6) is 0 Å². The van der Waals surface area contributed by atoms with Crippen molar-refractivity contribution < 1.29 is 4.79 Å². The molecule has 0 spiro atoms. The molecule has 4 rings (SSSR count). The molecule has 8 heteroatoms. The molecule has 2 aromatic heterocycles. The Balaban J connectivity index is 1.52. The van der Waals surface area contributed by atoms with E-state index < -0.39 is 0 Å². The first kappa shape index (κ1) is 19.0. The number of halogens is 1. The van der Waals surface area contributed by atoms with Gasteiger partial charge in [0.2, 0.25) is 5.13 Å². The van der Waals surface area contributed by atoms with Crippen LogP contribution >= 0.6 is 22.9 Å². The van der Waals surface area contributed by atoms with Gasteiger partial charge in [-0.2, -0.15) is 0 Å². The second-order valence-corrected chi connectivity index (χ2v) is 7.72. The maximum Gasteiger partial charge on any atom is 0.257 e. The SMILES string of the molecule is Cc1cc(C(=O)Nc2nnc(-c3ccc(-c4ccccc4N)cc3)s2)cc(Cl)n1. The number of pyridine rings is 1. The third kappa shape index (κ3) is 4.26. The van der Waals surface area contributed by atoms with E-state index in [4.69, 9.17) is 17.3 Å². The molecule has 0 saturated carbocycles. The summed E-state index contributed by atoms with van der Waals surface area (Å²) in [7, 11) is 0. The summed E-state index contributed by atoms with van der Waals surface area (Å²) in [6.45, 7) is 1.78. The number of aromatic nitrogens is 3. The van der Waals surface area contributed by atoms with Crippen LogP contribution in [0.4, 0.5) is 10.8 Å². The fourth-order valence-corrected chi connectivity index (χ4v) is 3.87. The maximum atomic E-state index is 12.4. The molecule has 6 nitrogen and oxygen atoms in total. The van der Waals surface area contributed by atoms with E-state index in [1.54, 1.807) is 13.0 Å². The first-order valence-electron chi connectivity index (χ1n) is 8.74. The van der Waals surface area contributed by atoms with Crippen LogP contribution in [0.2, 0.25) is 5.15 Å². The zero-order valence-electron chi connectivity index (χ0n) is 15.4. The first-order chi connectivity index (χ1) is 14.0. The Morgan fingerprint density at radius 1 is 1.03 bits per heavy atom. The quantitative estimate of drug-likeness (QED) is 0.354. The monoisotopic (exact) mass is 421 g/mol. The number of nitrogens with two attached hydrogens (primary N) is 1. The van der Waals surface area contributed by atoms with Crippen LogP contribution in [0.1, 0.15) is 16.1 Å². The average molecular weight is 422 g/mol. The van der Waals surface area contributed by atoms with Crippen molar-refractivity contribution in [2.75, 3.05) is 11.1 Å². The summed E-state index contributed by atoms with van der Waals surface area (Å²) < 4.78 is 0. The normalized spacial score (nSPS) is 10.7. The summed E-state index contributed by atoms with van der Waals surface area (Å²) in [5.74, 6) is -0.310. The number of aryl methyl sites for hydroxylation is 1. The molecule has 0 fully saturated rings. The number of nitrogens with one attached hydrogen (secondary N) is 1. The highest BCUT2D eigenvalue weighted by molar-refractivity contribution is 7.18. The Morgan fingerprint density at radius 3 is 2.48 bits per heavy atom. The first-order valence-corrected chi connectivity index (χ1v) is 9.93. The molecule has 29 heavy (non-hydrogen) atoms. The third-order valence-corrected chi connectivity index (χ3v) is 5.31. The van der Waals surface area contributed by atoms with Crippen molar-refractivity contribution in [3.8, 4) is 21.7 Å². The molecule has 4 aromatic rings. The number of benzene rings is 2. The van der Waals surface area contributed by atoms with Crippen molar-refractivity contribution in [3.63, 3.8) is 0 Å². The molecule has 0 aliphatic carbocycles. The average Bonchev–Trinajstić information content (AvgIpc) is 3.16. The van der Waals surface area contributed by atoms with Crippen molar-refractivity contribution in [2.24, 2.45) is 0 Å². The lowest BCUT2D eigenvalue weighted by atomic mass is 10.0. The summed E-state index contributed by atoms with van der Waals surface area (Å²) in [4.78, 5) is 16.5. The van der Waals surface area contributed by atoms with Crippen molar-refractivity contribution in [1.29, 1.82) is 0 Å². The molecule has 0 atom stereocenters. The van der Waals surface area contributed by atoms with Crippen molar-refractivity contribution in [1.82, 2.24) is 15.2 Å². The molecule has 0 saturated heterocycles. The molecule has 0 unspecified atom stereocenters. The number of hydrogen-bond donors (Lipinski definition) is 2. The van der Waals surface area contributed by atoms with E-state index >= 15 is 0 Å². The lowest BCUT2D eigenvalue weighted by Gasteiger charge is -2.06. The summed E-state index contributed by atoms with van der Waals surface area (Å²) in [5, 5.41) is 12.4. The fourth-order valence-electron chi connectivity index (χ4n) is 2.87. The molecule has 0 aliphatic rings. The second kappa shape index (κ2) is 7.98. The van der Waals surface area contributed by atoms with Crippen LogP contribution in [0.25, 0.3) is 21.7 Å². The van der Waals surface area contributed by atoms with Crippen molar-refractivity contribution >= 4 is 39.7 Å². The molecule has 2 heterocycles. The lowest BCUT2D eigenvalue weighted by molar-refractivity contribution is 0.102. The van der Waals surface area contributed by atoms with Gasteiger partial charge in [-0.25, -0.2) is 4.98 Å². The van der Waals surface area contributed by atoms with Crippen LogP contribution < -0.4 is 11.1 Å². The van der Waals surface area contributed by atoms with Crippen molar-refractivity contribution in [2.45, 2.75) is 6.92 Å². The minimum Gasteiger partial charge on any atom is -0.398 e. The number of nitrogens with zero attached hydrogens (tertiary/aromatic N) is 3. The Morgan fingerprint density at radius 2 is 1.76 bits per heavy atom. The van der Waals surface area contributed by atoms with E-state index in [2.05, 4.69) is 20.5 Å². The molecule has 2 aromatic carbocycles. The molecule has 144 valence electrons. The highest BCUT2D eigenvalue weighted by Crippen LogP contribution is 2.30. The molecular formula is C21H16ClN5OS. The van der Waals surface area contributed by atoms with Gasteiger partial charge in [0.15, 0.2) is 0 Å². The largest absolute Gasteiger partial charge is 0.398 e. The predicted octanol–water partition coefficient (Wildman–Crippen LogP) is 5.06. The Labute approximate surface area is 176 Å². The molecule has 3 N–H and O–H groups in total. The minimum atomic E-state index is -0.310. The molecule has 0 bridgehead atoms. The van der Waals surface area contributed by atoms with Gasteiger partial charge >= 0.3 is 0 Å². The summed E-state index contributed by atoms with van der Waals surface area (Å²) >= 11 is 7.22. The summed E-state index contributed by atoms with van der Waals surface area (Å²) in [5.41, 5.74) is 10.8. The van der Waals surface area contributed by atoms with Gasteiger partial charge in [0.1, 0.15) is 10.2 Å². The van der Waals surface area contributed by atoms with Gasteiger partial charge in [-0.3, -0.25) is 10.1 Å². The Hall–Kier alpha value is -3.29. The van der Waals surface area contributed by atoms with Crippen LogP contribution in [-0.2, 0) is 0 Å². The highest BCUT2D eigenvalue weighted by atomic mass is 35.5. The molecule has 0 aliphatic heterocycles. The Bertz CT molecular complexity index is 1170. The number of carbonyl (C=O) groups excluding carboxylic acids is 1. The smallest absolute Gasteiger partial charge is 0.257 e. The van der Waals surface area contributed by atoms with E-state index in [0.717, 1.165) is 22.4 Å². The van der Waals surface area contributed by atoms with E-state index in [1.165, 1.54) is 17.4 Å². The van der Waals surface area contributed by atoms with Gasteiger partial charge in [-0.15, -0.1) is 10.2 Å². The molecule has 1 amide bonds. The van der Waals surface area contributed by atoms with E-state index in [9.17, 15) is 4.79 Å². The number of anilines is 2. The van der Waals surface area contributed by atoms with E-state index in [-0.39, 0.29) is 11.1 Å². The van der Waals surface area contributed by atoms with Gasteiger partial charge in [0, 0.05) is 28.1 Å². The number of rotatable bonds is 4. The number of hydrogen-bond acceptors (Lipinski definition) is 6. The minimum absolute atomic E-state index is 0.271. The van der Waals surface area contributed by atoms with E-state index in [1.807, 2.05) is 48.5 Å². The van der Waals surface area contributed by atoms with Crippen LogP contribution in [0, 0.1) is 6.92 Å². The second-order valence-electron chi connectivity index (χ2n) is 6.35. The van der Waals surface area contributed by atoms with Crippen LogP contribution in [-0.4, -0.2) is 21.1 Å². The standard InChI is InChI=1S/C21H16ClN5OS/c1-12-10-15(11-18(22)24-12)19(28)25-21-27-26-20(29-21)14-8-6-13(7-9-14)16-4-2-3-5-17(16)23/h2-11H,23H2,1H3,(H,25,27,28). The fraction of sp³-hybridized carbons (Fsp3) is 0.0476. The summed E-state index contributed by atoms with van der Waals surface area (Å²) in [6, 6.07) is 18.8. The van der Waals surface area contributed by atoms with Gasteiger partial charge in [-0.05, 0) is 30.7 Å².